The van der Waals surface area contributed by atoms with Crippen LogP contribution >= 0.6 is 34.0 Å². The molecular formula is C56H38F9N5O15S3. The van der Waals surface area contributed by atoms with Crippen LogP contribution in [0.15, 0.2) is 124 Å². The molecule has 20 nitrogen and oxygen atoms in total. The number of fused-ring (bicyclic) bond motifs is 3. The zero-order chi connectivity index (χ0) is 64.9. The van der Waals surface area contributed by atoms with Gasteiger partial charge in [0.25, 0.3) is 17.7 Å². The van der Waals surface area contributed by atoms with Gasteiger partial charge in [0.2, 0.25) is 16.3 Å². The molecule has 4 aromatic heterocycles. The van der Waals surface area contributed by atoms with Crippen LogP contribution in [0.3, 0.4) is 0 Å². The van der Waals surface area contributed by atoms with Crippen molar-refractivity contribution in [2.75, 3.05) is 19.6 Å². The molecule has 0 bridgehead atoms. The smallest absolute Gasteiger partial charge is 0.435 e. The summed E-state index contributed by atoms with van der Waals surface area (Å²) in [5.74, 6) is -7.18. The number of carboxylic acid groups (broad SMARTS) is 3. The first-order valence-electron chi connectivity index (χ1n) is 24.5. The number of rotatable bonds is 13. The summed E-state index contributed by atoms with van der Waals surface area (Å²) in [6.45, 7) is -2.24. The predicted molar refractivity (Wildman–Crippen MR) is 301 cm³/mol. The molecule has 0 spiro atoms. The van der Waals surface area contributed by atoms with Gasteiger partial charge in [0.05, 0.1) is 21.5 Å². The lowest BCUT2D eigenvalue weighted by Crippen LogP contribution is -2.32. The van der Waals surface area contributed by atoms with Gasteiger partial charge in [0.15, 0.2) is 20.9 Å². The van der Waals surface area contributed by atoms with Crippen molar-refractivity contribution in [1.29, 1.82) is 0 Å². The number of nitrogens with one attached hydrogen (secondary N) is 3. The van der Waals surface area contributed by atoms with Crippen LogP contribution in [0.2, 0.25) is 0 Å². The molecule has 3 amide bonds. The Kier molecular flexibility index (Phi) is 19.4. The zero-order valence-electron chi connectivity index (χ0n) is 44.1. The number of amides is 3. The molecule has 9 N–H and O–H groups in total. The highest BCUT2D eigenvalue weighted by atomic mass is 32.1. The minimum absolute atomic E-state index is 0.0134. The first-order chi connectivity index (χ1) is 41.2. The minimum atomic E-state index is -5.09. The van der Waals surface area contributed by atoms with E-state index in [0.29, 0.717) is 51.3 Å². The number of alkyl halides is 9. The lowest BCUT2D eigenvalue weighted by Gasteiger charge is -2.15. The predicted octanol–water partition coefficient (Wildman–Crippen LogP) is 9.06. The van der Waals surface area contributed by atoms with E-state index < -0.39 is 144 Å². The van der Waals surface area contributed by atoms with E-state index in [4.69, 9.17) is 15.3 Å². The van der Waals surface area contributed by atoms with Gasteiger partial charge in [0.1, 0.15) is 36.3 Å². The van der Waals surface area contributed by atoms with Crippen molar-refractivity contribution in [3.05, 3.63) is 185 Å². The van der Waals surface area contributed by atoms with E-state index in [1.54, 1.807) is 12.1 Å². The third-order valence-electron chi connectivity index (χ3n) is 12.2. The second-order valence-electron chi connectivity index (χ2n) is 18.2. The second-order valence-corrected chi connectivity index (χ2v) is 21.2. The Labute approximate surface area is 496 Å². The molecular weight excluding hydrogens is 1250 g/mol. The zero-order valence-corrected chi connectivity index (χ0v) is 46.5. The fraction of sp³-hybridized carbons (Fsp3) is 0.143. The van der Waals surface area contributed by atoms with E-state index >= 15 is 0 Å². The van der Waals surface area contributed by atoms with E-state index in [2.05, 4.69) is 10.4 Å². The average Bonchev–Trinajstić information content (AvgIpc) is 1.19. The molecule has 32 heteroatoms. The molecule has 4 heterocycles. The largest absolute Gasteiger partial charge is 0.499 e. The summed E-state index contributed by atoms with van der Waals surface area (Å²) in [5, 5.41) is 64.0. The maximum absolute atomic E-state index is 13.2. The number of halogens is 9. The van der Waals surface area contributed by atoms with Crippen molar-refractivity contribution in [2.24, 2.45) is 7.05 Å². The van der Waals surface area contributed by atoms with Crippen LogP contribution in [0.4, 0.5) is 39.5 Å². The number of hydrogen-bond donors (Lipinski definition) is 9. The van der Waals surface area contributed by atoms with Gasteiger partial charge in [-0.25, -0.2) is 0 Å². The molecule has 0 radical (unpaired) electrons. The van der Waals surface area contributed by atoms with Gasteiger partial charge in [-0.3, -0.25) is 47.8 Å². The van der Waals surface area contributed by atoms with Crippen molar-refractivity contribution in [2.45, 2.75) is 24.9 Å². The fourth-order valence-corrected chi connectivity index (χ4v) is 11.5. The third-order valence-corrected chi connectivity index (χ3v) is 15.4. The summed E-state index contributed by atoms with van der Waals surface area (Å²) >= 11 is 1.93. The van der Waals surface area contributed by atoms with Crippen LogP contribution in [-0.4, -0.2) is 95.7 Å². The number of aromatic nitrogens is 2. The van der Waals surface area contributed by atoms with Crippen LogP contribution < -0.4 is 32.2 Å². The summed E-state index contributed by atoms with van der Waals surface area (Å²) in [4.78, 5) is 106. The lowest BCUT2D eigenvalue weighted by molar-refractivity contribution is -0.143. The molecule has 458 valence electrons. The lowest BCUT2D eigenvalue weighted by atomic mass is 9.98. The molecule has 0 aliphatic heterocycles. The fourth-order valence-electron chi connectivity index (χ4n) is 8.36. The minimum Gasteiger partial charge on any atom is -0.499 e. The number of benzene rings is 5. The summed E-state index contributed by atoms with van der Waals surface area (Å²) in [6, 6.07) is 24.4. The number of carbonyl (C=O) groups is 6. The summed E-state index contributed by atoms with van der Waals surface area (Å²) < 4.78 is 120. The molecule has 0 unspecified atom stereocenters. The molecule has 0 saturated heterocycles. The Balaban J connectivity index is 0.000000190. The van der Waals surface area contributed by atoms with Gasteiger partial charge >= 0.3 is 36.4 Å². The van der Waals surface area contributed by atoms with Crippen LogP contribution in [0.25, 0.3) is 52.6 Å². The van der Waals surface area contributed by atoms with Crippen molar-refractivity contribution in [3.63, 3.8) is 0 Å². The Hall–Kier alpha value is -10.2. The van der Waals surface area contributed by atoms with Crippen molar-refractivity contribution in [1.82, 2.24) is 25.7 Å². The first kappa shape index (κ1) is 65.3. The van der Waals surface area contributed by atoms with Crippen molar-refractivity contribution >= 4 is 99.9 Å². The van der Waals surface area contributed by atoms with Gasteiger partial charge in [-0.2, -0.15) is 44.6 Å². The van der Waals surface area contributed by atoms with E-state index in [9.17, 15) is 98.0 Å². The highest BCUT2D eigenvalue weighted by Gasteiger charge is 2.38. The molecule has 5 aromatic carbocycles. The number of carbonyl (C=O) groups excluding carboxylic acids is 3. The number of aromatic hydroxyl groups is 3. The topological polar surface area (TPSA) is 329 Å². The van der Waals surface area contributed by atoms with E-state index in [0.717, 1.165) is 39.3 Å². The molecule has 0 aliphatic rings. The Morgan fingerprint density at radius 3 is 1.27 bits per heavy atom. The molecule has 0 atom stereocenters. The quantitative estimate of drug-likeness (QED) is 0.0486. The monoisotopic (exact) mass is 1290 g/mol. The number of nitrogens with zero attached hydrogens (tertiary/aromatic N) is 2. The second kappa shape index (κ2) is 26.2. The van der Waals surface area contributed by atoms with Crippen LogP contribution in [0.1, 0.15) is 59.0 Å². The molecule has 9 aromatic rings. The molecule has 9 rings (SSSR count). The van der Waals surface area contributed by atoms with Gasteiger partial charge in [-0.15, -0.1) is 0 Å². The summed E-state index contributed by atoms with van der Waals surface area (Å²) in [5.41, 5.74) is -7.21. The van der Waals surface area contributed by atoms with Gasteiger partial charge < -0.3 is 46.6 Å². The van der Waals surface area contributed by atoms with Gasteiger partial charge in [-0.1, -0.05) is 101 Å². The van der Waals surface area contributed by atoms with Gasteiger partial charge in [0, 0.05) is 38.2 Å². The van der Waals surface area contributed by atoms with E-state index in [1.807, 2.05) is 47.0 Å². The van der Waals surface area contributed by atoms with Crippen LogP contribution in [0, 0.1) is 0 Å². The normalized spacial score (nSPS) is 11.5. The van der Waals surface area contributed by atoms with E-state index in [-0.39, 0.29) is 43.1 Å². The number of aryl methyl sites for hydroxylation is 1. The molecule has 0 aliphatic carbocycles. The number of aliphatic carboxylic acids is 3. The maximum Gasteiger partial charge on any atom is 0.435 e. The van der Waals surface area contributed by atoms with Crippen molar-refractivity contribution < 1.29 is 98.9 Å². The summed E-state index contributed by atoms with van der Waals surface area (Å²) in [7, 11) is 1.31. The Morgan fingerprint density at radius 1 is 0.489 bits per heavy atom. The van der Waals surface area contributed by atoms with Crippen molar-refractivity contribution in [3.8, 4) is 37.6 Å². The molecule has 88 heavy (non-hydrogen) atoms. The molecule has 0 fully saturated rings. The number of carboxylic acids is 3. The number of hydrogen-bond acceptors (Lipinski definition) is 16. The molecule has 0 saturated carbocycles. The Morgan fingerprint density at radius 2 is 0.875 bits per heavy atom. The first-order valence-corrected chi connectivity index (χ1v) is 26.9. The third kappa shape index (κ3) is 14.9. The Bertz CT molecular complexity index is 4440. The van der Waals surface area contributed by atoms with Gasteiger partial charge in [-0.05, 0) is 71.1 Å². The highest BCUT2D eigenvalue weighted by molar-refractivity contribution is 7.21. The maximum atomic E-state index is 13.2. The standard InChI is InChI=1S/C20H11F6NO5S.C19H15NO5S.C17H12F3N3O5S/c21-19(22,23)9-4-8(5-10(6-9)20(24,25)26)11-2-1-3-12-15(30)14(18(32)33-16(11)12)17(31)27-7-13(28)29;21-14(22)10-20-18(24)15-16(23)13-8-4-7-12(17(13)26-19(15)25)9-11-5-2-1-3-6-11;1-23-9(5-10(22-23)17(18,19)20)7-3-2-4-8-13(26)12(16(28)29-14(7)8)15(27)21-6-11(24)25/h1-6,32H,7H2,(H,27,31)(H,28,29);1-8,25H,9-10H2,(H,20,24)(H,21,22);2-5,28H,6H2,1H3,(H,21,27)(H,24,25). The van der Waals surface area contributed by atoms with Crippen LogP contribution in [-0.2, 0) is 46.4 Å². The average molecular weight is 1290 g/mol. The summed E-state index contributed by atoms with van der Waals surface area (Å²) in [6.07, 6.45) is -14.3. The van der Waals surface area contributed by atoms with Crippen LogP contribution in [0.5, 0.6) is 15.2 Å². The van der Waals surface area contributed by atoms with E-state index in [1.165, 1.54) is 37.4 Å². The SMILES string of the molecule is Cn1nc(C(F)(F)F)cc1-c1cccc2c(=O)c(C(=O)NCC(=O)O)c(O)sc12.O=C(O)CNC(=O)c1c(O)sc2c(-c3cc(C(F)(F)F)cc(C(F)(F)F)c3)cccc2c1=O.O=C(O)CNC(=O)c1c(O)sc2c(Cc3ccccc3)cccc2c1=O. The highest BCUT2D eigenvalue weighted by Crippen LogP contribution is 2.43.